The molecule has 0 saturated carbocycles. The van der Waals surface area contributed by atoms with Crippen LogP contribution in [0.5, 0.6) is 0 Å². The number of carbonyl (C=O) groups is 1. The SMILES string of the molecule is CS(=O)(=O)N1CCN(C(=O)c2cccc3cn[nH]c23)CC1. The summed E-state index contributed by atoms with van der Waals surface area (Å²) in [7, 11) is -3.19. The second kappa shape index (κ2) is 5.12. The van der Waals surface area contributed by atoms with E-state index >= 15 is 0 Å². The molecule has 1 aromatic heterocycles. The molecule has 2 heterocycles. The van der Waals surface area contributed by atoms with Crippen LogP contribution in [0.2, 0.25) is 0 Å². The average Bonchev–Trinajstić information content (AvgIpc) is 2.94. The number of rotatable bonds is 2. The van der Waals surface area contributed by atoms with E-state index < -0.39 is 10.0 Å². The van der Waals surface area contributed by atoms with Gasteiger partial charge in [-0.2, -0.15) is 9.40 Å². The van der Waals surface area contributed by atoms with E-state index in [4.69, 9.17) is 0 Å². The molecule has 0 unspecified atom stereocenters. The van der Waals surface area contributed by atoms with Crippen molar-refractivity contribution in [3.05, 3.63) is 30.0 Å². The predicted molar refractivity (Wildman–Crippen MR) is 78.4 cm³/mol. The van der Waals surface area contributed by atoms with E-state index in [-0.39, 0.29) is 5.91 Å². The summed E-state index contributed by atoms with van der Waals surface area (Å²) >= 11 is 0. The number of nitrogens with one attached hydrogen (secondary N) is 1. The Kier molecular flexibility index (Phi) is 3.42. The maximum atomic E-state index is 12.6. The van der Waals surface area contributed by atoms with E-state index in [9.17, 15) is 13.2 Å². The Hall–Kier alpha value is -1.93. The van der Waals surface area contributed by atoms with E-state index in [0.29, 0.717) is 37.3 Å². The monoisotopic (exact) mass is 308 g/mol. The van der Waals surface area contributed by atoms with Crippen molar-refractivity contribution >= 4 is 26.8 Å². The molecule has 112 valence electrons. The number of fused-ring (bicyclic) bond motifs is 1. The van der Waals surface area contributed by atoms with Crippen molar-refractivity contribution in [1.29, 1.82) is 0 Å². The Bertz CT molecular complexity index is 776. The molecule has 21 heavy (non-hydrogen) atoms. The number of hydrogen-bond donors (Lipinski definition) is 1. The van der Waals surface area contributed by atoms with Crippen LogP contribution in [-0.4, -0.2) is 66.2 Å². The van der Waals surface area contributed by atoms with E-state index in [1.54, 1.807) is 17.2 Å². The number of nitrogens with zero attached hydrogens (tertiary/aromatic N) is 3. The van der Waals surface area contributed by atoms with Crippen molar-refractivity contribution in [3.8, 4) is 0 Å². The lowest BCUT2D eigenvalue weighted by molar-refractivity contribution is 0.0700. The largest absolute Gasteiger partial charge is 0.336 e. The molecule has 1 fully saturated rings. The number of carbonyl (C=O) groups excluding carboxylic acids is 1. The Morgan fingerprint density at radius 3 is 2.62 bits per heavy atom. The zero-order chi connectivity index (χ0) is 15.0. The molecule has 0 aliphatic carbocycles. The van der Waals surface area contributed by atoms with Crippen LogP contribution in [0.15, 0.2) is 24.4 Å². The van der Waals surface area contributed by atoms with Gasteiger partial charge in [0.1, 0.15) is 0 Å². The number of benzene rings is 1. The molecule has 1 aromatic carbocycles. The van der Waals surface area contributed by atoms with Gasteiger partial charge in [0, 0.05) is 31.6 Å². The fourth-order valence-electron chi connectivity index (χ4n) is 2.54. The number of piperazine rings is 1. The maximum Gasteiger partial charge on any atom is 0.256 e. The predicted octanol–water partition coefficient (Wildman–Crippen LogP) is 0.280. The molecule has 1 saturated heterocycles. The number of aromatic nitrogens is 2. The van der Waals surface area contributed by atoms with Gasteiger partial charge < -0.3 is 4.90 Å². The molecule has 1 N–H and O–H groups in total. The number of amides is 1. The summed E-state index contributed by atoms with van der Waals surface area (Å²) in [5.41, 5.74) is 1.28. The van der Waals surface area contributed by atoms with Crippen LogP contribution in [0.25, 0.3) is 10.9 Å². The minimum absolute atomic E-state index is 0.0991. The standard InChI is InChI=1S/C13H16N4O3S/c1-21(19,20)17-7-5-16(6-8-17)13(18)11-4-2-3-10-9-14-15-12(10)11/h2-4,9H,5-8H2,1H3,(H,14,15). The second-order valence-electron chi connectivity index (χ2n) is 5.09. The summed E-state index contributed by atoms with van der Waals surface area (Å²) in [4.78, 5) is 14.3. The number of H-pyrrole nitrogens is 1. The summed E-state index contributed by atoms with van der Waals surface area (Å²) in [6.45, 7) is 1.47. The van der Waals surface area contributed by atoms with Gasteiger partial charge in [0.15, 0.2) is 0 Å². The van der Waals surface area contributed by atoms with E-state index in [1.807, 2.05) is 12.1 Å². The first kappa shape index (κ1) is 14.0. The first-order valence-corrected chi connectivity index (χ1v) is 8.48. The third kappa shape index (κ3) is 2.64. The first-order valence-electron chi connectivity index (χ1n) is 6.63. The van der Waals surface area contributed by atoms with Gasteiger partial charge in [0.2, 0.25) is 10.0 Å². The lowest BCUT2D eigenvalue weighted by atomic mass is 10.1. The molecular weight excluding hydrogens is 292 g/mol. The molecule has 0 spiro atoms. The quantitative estimate of drug-likeness (QED) is 0.863. The molecule has 1 amide bonds. The van der Waals surface area contributed by atoms with Crippen molar-refractivity contribution in [2.45, 2.75) is 0 Å². The molecule has 0 radical (unpaired) electrons. The third-order valence-corrected chi connectivity index (χ3v) is 5.01. The van der Waals surface area contributed by atoms with Crippen LogP contribution in [0.1, 0.15) is 10.4 Å². The number of hydrogen-bond acceptors (Lipinski definition) is 4. The minimum atomic E-state index is -3.19. The van der Waals surface area contributed by atoms with Gasteiger partial charge in [-0.05, 0) is 6.07 Å². The normalized spacial score (nSPS) is 17.3. The fourth-order valence-corrected chi connectivity index (χ4v) is 3.37. The van der Waals surface area contributed by atoms with Crippen LogP contribution >= 0.6 is 0 Å². The van der Waals surface area contributed by atoms with Gasteiger partial charge >= 0.3 is 0 Å². The molecular formula is C13H16N4O3S. The van der Waals surface area contributed by atoms with Gasteiger partial charge in [-0.3, -0.25) is 9.89 Å². The number of para-hydroxylation sites is 1. The van der Waals surface area contributed by atoms with Crippen molar-refractivity contribution in [1.82, 2.24) is 19.4 Å². The third-order valence-electron chi connectivity index (χ3n) is 3.70. The Balaban J connectivity index is 1.80. The lowest BCUT2D eigenvalue weighted by Gasteiger charge is -2.33. The zero-order valence-electron chi connectivity index (χ0n) is 11.6. The van der Waals surface area contributed by atoms with E-state index in [0.717, 1.165) is 5.39 Å². The first-order chi connectivity index (χ1) is 9.97. The fraction of sp³-hybridized carbons (Fsp3) is 0.385. The average molecular weight is 308 g/mol. The molecule has 1 aliphatic rings. The van der Waals surface area contributed by atoms with Crippen LogP contribution < -0.4 is 0 Å². The summed E-state index contributed by atoms with van der Waals surface area (Å²) in [5, 5.41) is 7.67. The molecule has 8 heteroatoms. The Labute approximate surface area is 122 Å². The topological polar surface area (TPSA) is 86.4 Å². The highest BCUT2D eigenvalue weighted by atomic mass is 32.2. The molecule has 0 atom stereocenters. The highest BCUT2D eigenvalue weighted by Crippen LogP contribution is 2.18. The summed E-state index contributed by atoms with van der Waals surface area (Å²) in [5.74, 6) is -0.0991. The van der Waals surface area contributed by atoms with Crippen molar-refractivity contribution < 1.29 is 13.2 Å². The minimum Gasteiger partial charge on any atom is -0.336 e. The number of sulfonamides is 1. The van der Waals surface area contributed by atoms with Gasteiger partial charge in [-0.25, -0.2) is 8.42 Å². The van der Waals surface area contributed by atoms with E-state index in [2.05, 4.69) is 10.2 Å². The van der Waals surface area contributed by atoms with Gasteiger partial charge in [0.25, 0.3) is 5.91 Å². The highest BCUT2D eigenvalue weighted by molar-refractivity contribution is 7.88. The molecule has 2 aromatic rings. The zero-order valence-corrected chi connectivity index (χ0v) is 12.4. The van der Waals surface area contributed by atoms with Gasteiger partial charge in [-0.1, -0.05) is 12.1 Å². The smallest absolute Gasteiger partial charge is 0.256 e. The molecule has 1 aliphatic heterocycles. The van der Waals surface area contributed by atoms with E-state index in [1.165, 1.54) is 10.6 Å². The van der Waals surface area contributed by atoms with Crippen molar-refractivity contribution in [2.24, 2.45) is 0 Å². The van der Waals surface area contributed by atoms with Crippen LogP contribution in [0, 0.1) is 0 Å². The highest BCUT2D eigenvalue weighted by Gasteiger charge is 2.27. The van der Waals surface area contributed by atoms with Crippen LogP contribution in [0.4, 0.5) is 0 Å². The van der Waals surface area contributed by atoms with Crippen molar-refractivity contribution in [3.63, 3.8) is 0 Å². The van der Waals surface area contributed by atoms with Crippen molar-refractivity contribution in [2.75, 3.05) is 32.4 Å². The Morgan fingerprint density at radius 2 is 1.95 bits per heavy atom. The summed E-state index contributed by atoms with van der Waals surface area (Å²) in [6.07, 6.45) is 2.86. The van der Waals surface area contributed by atoms with Gasteiger partial charge in [0.05, 0.1) is 23.5 Å². The second-order valence-corrected chi connectivity index (χ2v) is 7.08. The Morgan fingerprint density at radius 1 is 1.24 bits per heavy atom. The number of aromatic amines is 1. The van der Waals surface area contributed by atoms with Crippen LogP contribution in [0.3, 0.4) is 0 Å². The summed E-state index contributed by atoms with van der Waals surface area (Å²) in [6, 6.07) is 5.46. The maximum absolute atomic E-state index is 12.6. The summed E-state index contributed by atoms with van der Waals surface area (Å²) < 4.78 is 24.4. The van der Waals surface area contributed by atoms with Gasteiger partial charge in [-0.15, -0.1) is 0 Å². The molecule has 3 rings (SSSR count). The van der Waals surface area contributed by atoms with Crippen LogP contribution in [-0.2, 0) is 10.0 Å². The molecule has 0 bridgehead atoms. The molecule has 7 nitrogen and oxygen atoms in total. The lowest BCUT2D eigenvalue weighted by Crippen LogP contribution is -2.50.